The van der Waals surface area contributed by atoms with Crippen molar-refractivity contribution in [1.29, 1.82) is 0 Å². The minimum atomic E-state index is -0.105. The summed E-state index contributed by atoms with van der Waals surface area (Å²) in [4.78, 5) is 12.3. The lowest BCUT2D eigenvalue weighted by Gasteiger charge is -2.16. The van der Waals surface area contributed by atoms with Crippen LogP contribution in [0.25, 0.3) is 11.1 Å². The number of methoxy groups -OCH3 is 1. The van der Waals surface area contributed by atoms with Crippen LogP contribution in [0.1, 0.15) is 30.4 Å². The van der Waals surface area contributed by atoms with Crippen LogP contribution in [0.15, 0.2) is 67.0 Å². The molecule has 0 spiro atoms. The van der Waals surface area contributed by atoms with E-state index in [0.717, 1.165) is 37.7 Å². The maximum absolute atomic E-state index is 12.3. The predicted molar refractivity (Wildman–Crippen MR) is 112 cm³/mol. The Morgan fingerprint density at radius 1 is 1.04 bits per heavy atom. The fourth-order valence-electron chi connectivity index (χ4n) is 3.65. The second-order valence-corrected chi connectivity index (χ2v) is 7.20. The van der Waals surface area contributed by atoms with Crippen LogP contribution in [-0.2, 0) is 29.4 Å². The van der Waals surface area contributed by atoms with Gasteiger partial charge in [0.2, 0.25) is 0 Å². The van der Waals surface area contributed by atoms with Crippen molar-refractivity contribution in [3.8, 4) is 11.1 Å². The number of carbonyl (C=O) groups excluding carboxylic acids is 1. The SMILES string of the molecule is COC(=O)C(CCCc1ccccc1)CCc1ccccc1-c1cnn(C)c1. The highest BCUT2D eigenvalue weighted by molar-refractivity contribution is 5.72. The van der Waals surface area contributed by atoms with Crippen LogP contribution in [0.2, 0.25) is 0 Å². The Kier molecular flexibility index (Phi) is 7.01. The molecule has 2 aromatic carbocycles. The van der Waals surface area contributed by atoms with E-state index in [1.807, 2.05) is 36.3 Å². The molecule has 1 unspecified atom stereocenters. The van der Waals surface area contributed by atoms with Crippen molar-refractivity contribution in [3.63, 3.8) is 0 Å². The van der Waals surface area contributed by atoms with Crippen molar-refractivity contribution in [2.75, 3.05) is 7.11 Å². The molecule has 0 aliphatic carbocycles. The van der Waals surface area contributed by atoms with Gasteiger partial charge in [0.15, 0.2) is 0 Å². The third-order valence-electron chi connectivity index (χ3n) is 5.19. The minimum absolute atomic E-state index is 0.0735. The van der Waals surface area contributed by atoms with Gasteiger partial charge in [-0.05, 0) is 48.8 Å². The lowest BCUT2D eigenvalue weighted by atomic mass is 9.91. The highest BCUT2D eigenvalue weighted by Gasteiger charge is 2.19. The van der Waals surface area contributed by atoms with Gasteiger partial charge in [0.1, 0.15) is 0 Å². The zero-order chi connectivity index (χ0) is 19.8. The number of benzene rings is 2. The Morgan fingerprint density at radius 2 is 1.79 bits per heavy atom. The summed E-state index contributed by atoms with van der Waals surface area (Å²) in [6.07, 6.45) is 8.35. The summed E-state index contributed by atoms with van der Waals surface area (Å²) in [6.45, 7) is 0. The molecule has 1 aromatic heterocycles. The highest BCUT2D eigenvalue weighted by atomic mass is 16.5. The van der Waals surface area contributed by atoms with Gasteiger partial charge in [0.25, 0.3) is 0 Å². The Morgan fingerprint density at radius 3 is 2.50 bits per heavy atom. The highest BCUT2D eigenvalue weighted by Crippen LogP contribution is 2.26. The number of aryl methyl sites for hydroxylation is 3. The lowest BCUT2D eigenvalue weighted by Crippen LogP contribution is -2.17. The molecule has 28 heavy (non-hydrogen) atoms. The van der Waals surface area contributed by atoms with Crippen molar-refractivity contribution in [1.82, 2.24) is 9.78 Å². The fraction of sp³-hybridized carbons (Fsp3) is 0.333. The monoisotopic (exact) mass is 376 g/mol. The van der Waals surface area contributed by atoms with Gasteiger partial charge in [-0.2, -0.15) is 5.10 Å². The lowest BCUT2D eigenvalue weighted by molar-refractivity contribution is -0.145. The third-order valence-corrected chi connectivity index (χ3v) is 5.19. The molecule has 0 saturated carbocycles. The molecular formula is C24H28N2O2. The summed E-state index contributed by atoms with van der Waals surface area (Å²) in [5, 5.41) is 4.28. The molecule has 0 aliphatic heterocycles. The average Bonchev–Trinajstić information content (AvgIpc) is 3.17. The molecule has 0 N–H and O–H groups in total. The second-order valence-electron chi connectivity index (χ2n) is 7.20. The predicted octanol–water partition coefficient (Wildman–Crippen LogP) is 4.83. The number of hydrogen-bond donors (Lipinski definition) is 0. The molecule has 3 aromatic rings. The normalized spacial score (nSPS) is 11.9. The summed E-state index contributed by atoms with van der Waals surface area (Å²) in [5.41, 5.74) is 4.85. The van der Waals surface area contributed by atoms with E-state index in [2.05, 4.69) is 47.6 Å². The average molecular weight is 377 g/mol. The molecule has 0 amide bonds. The number of carbonyl (C=O) groups is 1. The summed E-state index contributed by atoms with van der Waals surface area (Å²) < 4.78 is 6.88. The summed E-state index contributed by atoms with van der Waals surface area (Å²) in [6, 6.07) is 18.8. The van der Waals surface area contributed by atoms with Gasteiger partial charge in [-0.1, -0.05) is 54.6 Å². The number of ether oxygens (including phenoxy) is 1. The van der Waals surface area contributed by atoms with Crippen LogP contribution in [0, 0.1) is 5.92 Å². The summed E-state index contributed by atoms with van der Waals surface area (Å²) >= 11 is 0. The van der Waals surface area contributed by atoms with Crippen LogP contribution in [-0.4, -0.2) is 22.9 Å². The molecule has 0 radical (unpaired) electrons. The Bertz CT molecular complexity index is 886. The maximum Gasteiger partial charge on any atom is 0.308 e. The Hall–Kier alpha value is -2.88. The van der Waals surface area contributed by atoms with Gasteiger partial charge >= 0.3 is 5.97 Å². The Labute approximate surface area is 167 Å². The number of aromatic nitrogens is 2. The molecular weight excluding hydrogens is 348 g/mol. The van der Waals surface area contributed by atoms with E-state index in [0.29, 0.717) is 0 Å². The third kappa shape index (κ3) is 5.32. The van der Waals surface area contributed by atoms with Crippen LogP contribution in [0.4, 0.5) is 0 Å². The zero-order valence-electron chi connectivity index (χ0n) is 16.7. The summed E-state index contributed by atoms with van der Waals surface area (Å²) in [5.74, 6) is -0.178. The van der Waals surface area contributed by atoms with Crippen molar-refractivity contribution < 1.29 is 9.53 Å². The smallest absolute Gasteiger partial charge is 0.308 e. The van der Waals surface area contributed by atoms with Crippen LogP contribution < -0.4 is 0 Å². The van der Waals surface area contributed by atoms with E-state index in [-0.39, 0.29) is 11.9 Å². The van der Waals surface area contributed by atoms with Crippen LogP contribution >= 0.6 is 0 Å². The van der Waals surface area contributed by atoms with Crippen molar-refractivity contribution in [2.24, 2.45) is 13.0 Å². The topological polar surface area (TPSA) is 44.1 Å². The van der Waals surface area contributed by atoms with E-state index in [1.54, 1.807) is 0 Å². The number of esters is 1. The minimum Gasteiger partial charge on any atom is -0.469 e. The molecule has 146 valence electrons. The molecule has 0 saturated heterocycles. The fourth-order valence-corrected chi connectivity index (χ4v) is 3.65. The molecule has 0 aliphatic rings. The van der Waals surface area contributed by atoms with Gasteiger partial charge in [-0.3, -0.25) is 9.48 Å². The van der Waals surface area contributed by atoms with Crippen molar-refractivity contribution >= 4 is 5.97 Å². The molecule has 4 heteroatoms. The first kappa shape index (κ1) is 19.9. The van der Waals surface area contributed by atoms with Gasteiger partial charge < -0.3 is 4.74 Å². The number of hydrogen-bond acceptors (Lipinski definition) is 3. The molecule has 4 nitrogen and oxygen atoms in total. The van der Waals surface area contributed by atoms with Crippen LogP contribution in [0.3, 0.4) is 0 Å². The van der Waals surface area contributed by atoms with Crippen LogP contribution in [0.5, 0.6) is 0 Å². The van der Waals surface area contributed by atoms with E-state index >= 15 is 0 Å². The quantitative estimate of drug-likeness (QED) is 0.502. The van der Waals surface area contributed by atoms with Gasteiger partial charge in [-0.25, -0.2) is 0 Å². The first-order valence-corrected chi connectivity index (χ1v) is 9.86. The Balaban J connectivity index is 1.63. The van der Waals surface area contributed by atoms with Gasteiger partial charge in [-0.15, -0.1) is 0 Å². The first-order chi connectivity index (χ1) is 13.7. The van der Waals surface area contributed by atoms with Gasteiger partial charge in [0, 0.05) is 18.8 Å². The van der Waals surface area contributed by atoms with Gasteiger partial charge in [0.05, 0.1) is 19.2 Å². The molecule has 0 fully saturated rings. The van der Waals surface area contributed by atoms with Crippen molar-refractivity contribution in [2.45, 2.75) is 32.1 Å². The van der Waals surface area contributed by atoms with E-state index < -0.39 is 0 Å². The summed E-state index contributed by atoms with van der Waals surface area (Å²) in [7, 11) is 3.41. The van der Waals surface area contributed by atoms with Crippen molar-refractivity contribution in [3.05, 3.63) is 78.1 Å². The van der Waals surface area contributed by atoms with E-state index in [1.165, 1.54) is 23.8 Å². The molecule has 1 heterocycles. The number of rotatable bonds is 9. The standard InChI is InChI=1S/C24H28N2O2/c1-26-18-22(17-25-26)23-14-7-6-12-20(23)15-16-21(24(27)28-2)13-8-11-19-9-4-3-5-10-19/h3-7,9-10,12,14,17-18,21H,8,11,13,15-16H2,1-2H3. The molecule has 0 bridgehead atoms. The number of nitrogens with zero attached hydrogens (tertiary/aromatic N) is 2. The molecule has 1 atom stereocenters. The maximum atomic E-state index is 12.3. The zero-order valence-corrected chi connectivity index (χ0v) is 16.7. The second kappa shape index (κ2) is 9.88. The largest absolute Gasteiger partial charge is 0.469 e. The van der Waals surface area contributed by atoms with E-state index in [4.69, 9.17) is 4.74 Å². The first-order valence-electron chi connectivity index (χ1n) is 9.86. The molecule has 3 rings (SSSR count). The van der Waals surface area contributed by atoms with E-state index in [9.17, 15) is 4.79 Å².